The predicted octanol–water partition coefficient (Wildman–Crippen LogP) is 2.28. The van der Waals surface area contributed by atoms with Crippen molar-refractivity contribution in [3.63, 3.8) is 0 Å². The fourth-order valence-electron chi connectivity index (χ4n) is 4.38. The third-order valence-corrected chi connectivity index (χ3v) is 6.31. The lowest BCUT2D eigenvalue weighted by Crippen LogP contribution is -3.05. The van der Waals surface area contributed by atoms with E-state index in [1.54, 1.807) is 29.2 Å². The van der Waals surface area contributed by atoms with Crippen molar-refractivity contribution in [1.82, 2.24) is 4.90 Å². The first kappa shape index (κ1) is 22.7. The fraction of sp³-hybridized carbons (Fsp3) is 0.346. The highest BCUT2D eigenvalue weighted by Crippen LogP contribution is 2.38. The van der Waals surface area contributed by atoms with E-state index in [1.807, 2.05) is 26.0 Å². The van der Waals surface area contributed by atoms with Gasteiger partial charge in [0.2, 0.25) is 5.76 Å². The molecule has 0 spiro atoms. The molecule has 0 saturated heterocycles. The lowest BCUT2D eigenvalue weighted by atomic mass is 9.96. The number of amides is 1. The average Bonchev–Trinajstić information content (AvgIpc) is 3.06. The number of nitrogens with one attached hydrogen (secondary N) is 1. The van der Waals surface area contributed by atoms with Gasteiger partial charge in [-0.1, -0.05) is 12.1 Å². The molecule has 2 aromatic carbocycles. The molecule has 0 radical (unpaired) electrons. The Kier molecular flexibility index (Phi) is 6.08. The molecule has 0 bridgehead atoms. The second-order valence-corrected chi connectivity index (χ2v) is 8.93. The number of esters is 1. The largest absolute Gasteiger partial charge is 0.465 e. The van der Waals surface area contributed by atoms with Crippen molar-refractivity contribution in [1.29, 1.82) is 0 Å². The molecule has 1 unspecified atom stereocenters. The first-order valence-electron chi connectivity index (χ1n) is 11.1. The zero-order valence-electron chi connectivity index (χ0n) is 19.7. The van der Waals surface area contributed by atoms with E-state index in [-0.39, 0.29) is 17.1 Å². The van der Waals surface area contributed by atoms with E-state index in [4.69, 9.17) is 9.15 Å². The number of rotatable bonds is 6. The quantitative estimate of drug-likeness (QED) is 0.584. The molecule has 0 aliphatic carbocycles. The van der Waals surface area contributed by atoms with E-state index < -0.39 is 12.0 Å². The molecule has 0 fully saturated rings. The standard InChI is InChI=1S/C26H28N2O5/c1-15-13-19-20(14-16(15)2)33-24-21(23(19)29)22(28(25(24)30)12-6-11-27(3)4)17-7-9-18(10-8-17)26(31)32-5/h7-10,13-14,22H,6,11-12H2,1-5H3/p+1. The summed E-state index contributed by atoms with van der Waals surface area (Å²) in [4.78, 5) is 41.9. The molecule has 1 amide bonds. The van der Waals surface area contributed by atoms with Gasteiger partial charge in [-0.05, 0) is 54.8 Å². The van der Waals surface area contributed by atoms with Crippen LogP contribution >= 0.6 is 0 Å². The van der Waals surface area contributed by atoms with Gasteiger partial charge in [-0.15, -0.1) is 0 Å². The number of aryl methyl sites for hydroxylation is 2. The normalized spacial score (nSPS) is 15.4. The maximum atomic E-state index is 13.6. The van der Waals surface area contributed by atoms with Gasteiger partial charge in [0.15, 0.2) is 5.43 Å². The highest BCUT2D eigenvalue weighted by molar-refractivity contribution is 5.99. The van der Waals surface area contributed by atoms with Gasteiger partial charge in [0.25, 0.3) is 5.91 Å². The van der Waals surface area contributed by atoms with E-state index in [0.717, 1.165) is 29.7 Å². The summed E-state index contributed by atoms with van der Waals surface area (Å²) >= 11 is 0. The van der Waals surface area contributed by atoms with E-state index in [1.165, 1.54) is 12.0 Å². The third kappa shape index (κ3) is 4.04. The minimum absolute atomic E-state index is 0.106. The van der Waals surface area contributed by atoms with Crippen LogP contribution in [0, 0.1) is 13.8 Å². The van der Waals surface area contributed by atoms with Crippen molar-refractivity contribution < 1.29 is 23.6 Å². The van der Waals surface area contributed by atoms with Crippen LogP contribution in [0.2, 0.25) is 0 Å². The smallest absolute Gasteiger partial charge is 0.337 e. The molecule has 1 aromatic heterocycles. The van der Waals surface area contributed by atoms with Crippen molar-refractivity contribution >= 4 is 22.8 Å². The summed E-state index contributed by atoms with van der Waals surface area (Å²) in [5, 5.41) is 0.473. The van der Waals surface area contributed by atoms with Crippen LogP contribution in [0.3, 0.4) is 0 Å². The zero-order chi connectivity index (χ0) is 23.9. The van der Waals surface area contributed by atoms with E-state index >= 15 is 0 Å². The van der Waals surface area contributed by atoms with E-state index in [9.17, 15) is 14.4 Å². The minimum Gasteiger partial charge on any atom is -0.465 e. The van der Waals surface area contributed by atoms with Gasteiger partial charge in [-0.25, -0.2) is 4.79 Å². The predicted molar refractivity (Wildman–Crippen MR) is 125 cm³/mol. The number of hydrogen-bond acceptors (Lipinski definition) is 5. The molecule has 2 heterocycles. The highest BCUT2D eigenvalue weighted by Gasteiger charge is 2.42. The molecule has 1 aliphatic heterocycles. The van der Waals surface area contributed by atoms with Crippen LogP contribution in [-0.2, 0) is 4.74 Å². The summed E-state index contributed by atoms with van der Waals surface area (Å²) in [7, 11) is 5.45. The zero-order valence-corrected chi connectivity index (χ0v) is 19.7. The summed E-state index contributed by atoms with van der Waals surface area (Å²) in [6.07, 6.45) is 0.782. The Labute approximate surface area is 192 Å². The van der Waals surface area contributed by atoms with Gasteiger partial charge in [-0.3, -0.25) is 9.59 Å². The van der Waals surface area contributed by atoms with Crippen molar-refractivity contribution in [3.05, 3.63) is 80.2 Å². The third-order valence-electron chi connectivity index (χ3n) is 6.31. The highest BCUT2D eigenvalue weighted by atomic mass is 16.5. The molecule has 1 atom stereocenters. The van der Waals surface area contributed by atoms with Crippen LogP contribution in [0.5, 0.6) is 0 Å². The fourth-order valence-corrected chi connectivity index (χ4v) is 4.38. The Morgan fingerprint density at radius 3 is 2.39 bits per heavy atom. The average molecular weight is 450 g/mol. The maximum absolute atomic E-state index is 13.6. The maximum Gasteiger partial charge on any atom is 0.337 e. The van der Waals surface area contributed by atoms with Gasteiger partial charge in [0.1, 0.15) is 5.58 Å². The number of quaternary nitrogens is 1. The summed E-state index contributed by atoms with van der Waals surface area (Å²) in [5.41, 5.74) is 3.74. The SMILES string of the molecule is COC(=O)c1ccc(C2c3c(oc4cc(C)c(C)cc4c3=O)C(=O)N2CCC[NH+](C)C)cc1. The van der Waals surface area contributed by atoms with Crippen LogP contribution in [0.1, 0.15) is 55.6 Å². The Morgan fingerprint density at radius 1 is 1.09 bits per heavy atom. The number of nitrogens with zero attached hydrogens (tertiary/aromatic N) is 1. The van der Waals surface area contributed by atoms with Crippen molar-refractivity contribution in [2.45, 2.75) is 26.3 Å². The Hall–Kier alpha value is -3.45. The van der Waals surface area contributed by atoms with Crippen LogP contribution < -0.4 is 10.3 Å². The van der Waals surface area contributed by atoms with Crippen molar-refractivity contribution in [2.75, 3.05) is 34.3 Å². The Balaban J connectivity index is 1.87. The molecule has 0 saturated carbocycles. The van der Waals surface area contributed by atoms with Crippen molar-refractivity contribution in [2.24, 2.45) is 0 Å². The van der Waals surface area contributed by atoms with Gasteiger partial charge in [-0.2, -0.15) is 0 Å². The topological polar surface area (TPSA) is 81.3 Å². The van der Waals surface area contributed by atoms with Crippen LogP contribution in [0.4, 0.5) is 0 Å². The molecular weight excluding hydrogens is 420 g/mol. The molecule has 1 aliphatic rings. The monoisotopic (exact) mass is 449 g/mol. The summed E-state index contributed by atoms with van der Waals surface area (Å²) in [6, 6.07) is 9.93. The van der Waals surface area contributed by atoms with Crippen LogP contribution in [-0.4, -0.2) is 51.1 Å². The second-order valence-electron chi connectivity index (χ2n) is 8.93. The lowest BCUT2D eigenvalue weighted by molar-refractivity contribution is -0.858. The molecule has 4 rings (SSSR count). The van der Waals surface area contributed by atoms with Gasteiger partial charge in [0, 0.05) is 13.0 Å². The van der Waals surface area contributed by atoms with E-state index in [2.05, 4.69) is 14.1 Å². The molecule has 7 nitrogen and oxygen atoms in total. The number of carbonyl (C=O) groups excluding carboxylic acids is 2. The molecule has 172 valence electrons. The number of fused-ring (bicyclic) bond motifs is 2. The van der Waals surface area contributed by atoms with Gasteiger partial charge in [0.05, 0.1) is 50.3 Å². The molecule has 3 aromatic rings. The number of benzene rings is 2. The molecule has 1 N–H and O–H groups in total. The first-order chi connectivity index (χ1) is 15.7. The van der Waals surface area contributed by atoms with Gasteiger partial charge >= 0.3 is 5.97 Å². The van der Waals surface area contributed by atoms with Crippen molar-refractivity contribution in [3.8, 4) is 0 Å². The van der Waals surface area contributed by atoms with Crippen LogP contribution in [0.25, 0.3) is 11.0 Å². The van der Waals surface area contributed by atoms with Gasteiger partial charge < -0.3 is 19.0 Å². The molecule has 7 heteroatoms. The summed E-state index contributed by atoms with van der Waals surface area (Å²) in [6.45, 7) is 5.28. The Bertz CT molecular complexity index is 1290. The number of ether oxygens (including phenoxy) is 1. The molecular formula is C26H29N2O5+. The van der Waals surface area contributed by atoms with Crippen LogP contribution in [0.15, 0.2) is 45.6 Å². The lowest BCUT2D eigenvalue weighted by Gasteiger charge is -2.25. The number of methoxy groups -OCH3 is 1. The summed E-state index contributed by atoms with van der Waals surface area (Å²) in [5.74, 6) is -0.611. The molecule has 33 heavy (non-hydrogen) atoms. The minimum atomic E-state index is -0.571. The Morgan fingerprint density at radius 2 is 1.76 bits per heavy atom. The second kappa shape index (κ2) is 8.83. The first-order valence-corrected chi connectivity index (χ1v) is 11.1. The van der Waals surface area contributed by atoms with E-state index in [0.29, 0.717) is 28.6 Å². The summed E-state index contributed by atoms with van der Waals surface area (Å²) < 4.78 is 10.8. The number of hydrogen-bond donors (Lipinski definition) is 1. The number of carbonyl (C=O) groups is 2.